The van der Waals surface area contributed by atoms with Crippen LogP contribution in [0.3, 0.4) is 0 Å². The summed E-state index contributed by atoms with van der Waals surface area (Å²) in [5.74, 6) is 0.842. The summed E-state index contributed by atoms with van der Waals surface area (Å²) in [5.41, 5.74) is 1.49. The van der Waals surface area contributed by atoms with Crippen LogP contribution in [0.4, 0.5) is 5.82 Å². The quantitative estimate of drug-likeness (QED) is 0.782. The molecule has 156 valence electrons. The van der Waals surface area contributed by atoms with Crippen molar-refractivity contribution in [1.29, 1.82) is 0 Å². The van der Waals surface area contributed by atoms with E-state index in [4.69, 9.17) is 4.74 Å². The molecule has 2 aliphatic heterocycles. The molecule has 29 heavy (non-hydrogen) atoms. The molecular weight excluding hydrogens is 386 g/mol. The van der Waals surface area contributed by atoms with Gasteiger partial charge in [-0.15, -0.1) is 11.3 Å². The minimum atomic E-state index is -0.0928. The summed E-state index contributed by atoms with van der Waals surface area (Å²) in [6.45, 7) is 7.01. The summed E-state index contributed by atoms with van der Waals surface area (Å²) in [6, 6.07) is 4.00. The molecule has 0 aromatic carbocycles. The summed E-state index contributed by atoms with van der Waals surface area (Å²) >= 11 is 1.50. The zero-order chi connectivity index (χ0) is 19.9. The fourth-order valence-electron chi connectivity index (χ4n) is 3.81. The zero-order valence-electron chi connectivity index (χ0n) is 16.8. The van der Waals surface area contributed by atoms with E-state index in [1.165, 1.54) is 37.0 Å². The highest BCUT2D eigenvalue weighted by Gasteiger charge is 2.16. The molecule has 1 amide bonds. The van der Waals surface area contributed by atoms with Crippen LogP contribution in [0.5, 0.6) is 0 Å². The Bertz CT molecular complexity index is 798. The van der Waals surface area contributed by atoms with Gasteiger partial charge in [0, 0.05) is 43.3 Å². The van der Waals surface area contributed by atoms with Gasteiger partial charge in [0.25, 0.3) is 5.91 Å². The lowest BCUT2D eigenvalue weighted by Crippen LogP contribution is -2.36. The first-order valence-electron chi connectivity index (χ1n) is 10.5. The molecule has 0 spiro atoms. The van der Waals surface area contributed by atoms with Crippen LogP contribution < -0.4 is 10.2 Å². The van der Waals surface area contributed by atoms with Gasteiger partial charge in [-0.3, -0.25) is 4.79 Å². The Morgan fingerprint density at radius 2 is 1.93 bits per heavy atom. The average molecular weight is 416 g/mol. The number of hydrogen-bond acceptors (Lipinski definition) is 7. The van der Waals surface area contributed by atoms with Crippen LogP contribution in [-0.2, 0) is 4.74 Å². The second-order valence-electron chi connectivity index (χ2n) is 7.55. The van der Waals surface area contributed by atoms with Gasteiger partial charge >= 0.3 is 0 Å². The standard InChI is InChI=1S/C21H29N5O2S/c27-20(23-7-10-25-8-3-1-2-4-9-25)18-16-29-21(24-18)17-5-6-22-19(15-17)26-11-13-28-14-12-26/h5-6,15-16H,1-4,7-14H2,(H,23,27). The highest BCUT2D eigenvalue weighted by atomic mass is 32.1. The molecule has 0 saturated carbocycles. The molecule has 2 aromatic rings. The number of nitrogens with one attached hydrogen (secondary N) is 1. The number of hydrogen-bond donors (Lipinski definition) is 1. The third-order valence-electron chi connectivity index (χ3n) is 5.48. The molecule has 0 aliphatic carbocycles. The van der Waals surface area contributed by atoms with E-state index in [1.54, 1.807) is 0 Å². The van der Waals surface area contributed by atoms with Gasteiger partial charge in [-0.25, -0.2) is 9.97 Å². The second-order valence-corrected chi connectivity index (χ2v) is 8.41. The number of anilines is 1. The number of amides is 1. The molecule has 1 N–H and O–H groups in total. The summed E-state index contributed by atoms with van der Waals surface area (Å²) in [7, 11) is 0. The van der Waals surface area contributed by atoms with Crippen LogP contribution in [0.1, 0.15) is 36.2 Å². The van der Waals surface area contributed by atoms with Crippen molar-refractivity contribution in [3.05, 3.63) is 29.4 Å². The zero-order valence-corrected chi connectivity index (χ0v) is 17.6. The predicted octanol–water partition coefficient (Wildman–Crippen LogP) is 2.65. The number of aromatic nitrogens is 2. The number of rotatable bonds is 6. The number of carbonyl (C=O) groups is 1. The lowest BCUT2D eigenvalue weighted by atomic mass is 10.2. The van der Waals surface area contributed by atoms with Gasteiger partial charge in [-0.05, 0) is 38.1 Å². The summed E-state index contributed by atoms with van der Waals surface area (Å²) in [4.78, 5) is 26.2. The van der Waals surface area contributed by atoms with E-state index in [0.717, 1.165) is 62.3 Å². The van der Waals surface area contributed by atoms with Crippen molar-refractivity contribution in [3.8, 4) is 10.6 Å². The molecule has 2 aromatic heterocycles. The SMILES string of the molecule is O=C(NCCN1CCCCCC1)c1csc(-c2ccnc(N3CCOCC3)c2)n1. The molecule has 8 heteroatoms. The average Bonchev–Trinajstić information content (AvgIpc) is 3.13. The molecule has 0 radical (unpaired) electrons. The maximum atomic E-state index is 12.5. The molecule has 2 aliphatic rings. The van der Waals surface area contributed by atoms with Gasteiger partial charge in [0.15, 0.2) is 0 Å². The van der Waals surface area contributed by atoms with Crippen LogP contribution in [0.15, 0.2) is 23.7 Å². The van der Waals surface area contributed by atoms with Crippen LogP contribution in [0.25, 0.3) is 10.6 Å². The van der Waals surface area contributed by atoms with Gasteiger partial charge in [0.05, 0.1) is 13.2 Å². The number of ether oxygens (including phenoxy) is 1. The highest BCUT2D eigenvalue weighted by molar-refractivity contribution is 7.13. The Kier molecular flexibility index (Phi) is 7.08. The highest BCUT2D eigenvalue weighted by Crippen LogP contribution is 2.26. The molecule has 0 atom stereocenters. The van der Waals surface area contributed by atoms with Gasteiger partial charge in [0.1, 0.15) is 16.5 Å². The van der Waals surface area contributed by atoms with Gasteiger partial charge in [-0.2, -0.15) is 0 Å². The van der Waals surface area contributed by atoms with Crippen molar-refractivity contribution < 1.29 is 9.53 Å². The molecule has 4 rings (SSSR count). The van der Waals surface area contributed by atoms with Crippen molar-refractivity contribution in [1.82, 2.24) is 20.2 Å². The summed E-state index contributed by atoms with van der Waals surface area (Å²) in [6.07, 6.45) is 6.99. The van der Waals surface area contributed by atoms with Crippen LogP contribution in [0, 0.1) is 0 Å². The van der Waals surface area contributed by atoms with Crippen molar-refractivity contribution in [2.75, 3.05) is 57.4 Å². The van der Waals surface area contributed by atoms with E-state index in [9.17, 15) is 4.79 Å². The Morgan fingerprint density at radius 3 is 2.72 bits per heavy atom. The number of carbonyl (C=O) groups excluding carboxylic acids is 1. The molecule has 0 bridgehead atoms. The fourth-order valence-corrected chi connectivity index (χ4v) is 4.60. The van der Waals surface area contributed by atoms with E-state index in [1.807, 2.05) is 23.7 Å². The molecular formula is C21H29N5O2S. The van der Waals surface area contributed by atoms with Crippen LogP contribution in [0.2, 0.25) is 0 Å². The number of nitrogens with zero attached hydrogens (tertiary/aromatic N) is 4. The van der Waals surface area contributed by atoms with E-state index in [2.05, 4.69) is 25.1 Å². The largest absolute Gasteiger partial charge is 0.378 e. The Labute approximate surface area is 176 Å². The van der Waals surface area contributed by atoms with Gasteiger partial charge < -0.3 is 19.9 Å². The molecule has 0 unspecified atom stereocenters. The first-order valence-corrected chi connectivity index (χ1v) is 11.4. The molecule has 2 fully saturated rings. The van der Waals surface area contributed by atoms with E-state index >= 15 is 0 Å². The minimum Gasteiger partial charge on any atom is -0.378 e. The van der Waals surface area contributed by atoms with Crippen LogP contribution in [-0.4, -0.2) is 73.3 Å². The van der Waals surface area contributed by atoms with Gasteiger partial charge in [0.2, 0.25) is 0 Å². The number of morpholine rings is 1. The smallest absolute Gasteiger partial charge is 0.270 e. The van der Waals surface area contributed by atoms with E-state index in [0.29, 0.717) is 12.2 Å². The van der Waals surface area contributed by atoms with E-state index < -0.39 is 0 Å². The Hall–Kier alpha value is -2.03. The summed E-state index contributed by atoms with van der Waals surface area (Å²) in [5, 5.41) is 5.71. The topological polar surface area (TPSA) is 70.6 Å². The van der Waals surface area contributed by atoms with Crippen molar-refractivity contribution in [3.63, 3.8) is 0 Å². The monoisotopic (exact) mass is 415 g/mol. The minimum absolute atomic E-state index is 0.0928. The molecule has 4 heterocycles. The number of pyridine rings is 1. The third-order valence-corrected chi connectivity index (χ3v) is 6.37. The van der Waals surface area contributed by atoms with E-state index in [-0.39, 0.29) is 5.91 Å². The lowest BCUT2D eigenvalue weighted by molar-refractivity contribution is 0.0944. The number of thiazole rings is 1. The third kappa shape index (κ3) is 5.52. The van der Waals surface area contributed by atoms with Crippen LogP contribution >= 0.6 is 11.3 Å². The number of likely N-dealkylation sites (tertiary alicyclic amines) is 1. The molecule has 7 nitrogen and oxygen atoms in total. The van der Waals surface area contributed by atoms with Crippen molar-refractivity contribution in [2.45, 2.75) is 25.7 Å². The van der Waals surface area contributed by atoms with Crippen molar-refractivity contribution in [2.24, 2.45) is 0 Å². The lowest BCUT2D eigenvalue weighted by Gasteiger charge is -2.27. The van der Waals surface area contributed by atoms with Crippen molar-refractivity contribution >= 4 is 23.1 Å². The predicted molar refractivity (Wildman–Crippen MR) is 116 cm³/mol. The Balaban J connectivity index is 1.33. The first kappa shape index (κ1) is 20.3. The normalized spacial score (nSPS) is 18.4. The Morgan fingerprint density at radius 1 is 1.14 bits per heavy atom. The fraction of sp³-hybridized carbons (Fsp3) is 0.571. The first-order chi connectivity index (χ1) is 14.3. The summed E-state index contributed by atoms with van der Waals surface area (Å²) < 4.78 is 5.42. The second kappa shape index (κ2) is 10.1. The maximum Gasteiger partial charge on any atom is 0.270 e. The molecule has 2 saturated heterocycles. The maximum absolute atomic E-state index is 12.5. The van der Waals surface area contributed by atoms with Gasteiger partial charge in [-0.1, -0.05) is 12.8 Å².